The molecule has 2 N–H and O–H groups in total. The van der Waals surface area contributed by atoms with Crippen LogP contribution >= 0.6 is 0 Å². The summed E-state index contributed by atoms with van der Waals surface area (Å²) in [7, 11) is 0. The molecule has 0 saturated heterocycles. The van der Waals surface area contributed by atoms with Gasteiger partial charge >= 0.3 is 0 Å². The van der Waals surface area contributed by atoms with Crippen molar-refractivity contribution in [1.82, 2.24) is 10.2 Å². The SMILES string of the molecule is CCNc1cccc2[nH]ncc12. The van der Waals surface area contributed by atoms with Gasteiger partial charge in [-0.3, -0.25) is 5.10 Å². The molecule has 12 heavy (non-hydrogen) atoms. The topological polar surface area (TPSA) is 40.7 Å². The van der Waals surface area contributed by atoms with Crippen molar-refractivity contribution in [2.75, 3.05) is 11.9 Å². The molecule has 62 valence electrons. The molecule has 0 aliphatic carbocycles. The highest BCUT2D eigenvalue weighted by Crippen LogP contribution is 2.20. The lowest BCUT2D eigenvalue weighted by molar-refractivity contribution is 1.12. The van der Waals surface area contributed by atoms with E-state index in [-0.39, 0.29) is 0 Å². The van der Waals surface area contributed by atoms with Crippen LogP contribution < -0.4 is 5.32 Å². The number of nitrogens with zero attached hydrogens (tertiary/aromatic N) is 1. The Morgan fingerprint density at radius 3 is 3.25 bits per heavy atom. The third-order valence-corrected chi connectivity index (χ3v) is 1.85. The van der Waals surface area contributed by atoms with Crippen LogP contribution in [0.25, 0.3) is 10.9 Å². The summed E-state index contributed by atoms with van der Waals surface area (Å²) in [6, 6.07) is 6.09. The molecule has 0 bridgehead atoms. The van der Waals surface area contributed by atoms with Crippen LogP contribution in [-0.2, 0) is 0 Å². The number of aromatic amines is 1. The molecule has 3 heteroatoms. The molecule has 0 atom stereocenters. The minimum absolute atomic E-state index is 0.935. The quantitative estimate of drug-likeness (QED) is 0.707. The Morgan fingerprint density at radius 1 is 1.50 bits per heavy atom. The maximum absolute atomic E-state index is 3.98. The van der Waals surface area contributed by atoms with Crippen LogP contribution in [0, 0.1) is 0 Å². The number of hydrogen-bond acceptors (Lipinski definition) is 2. The first kappa shape index (κ1) is 7.16. The van der Waals surface area contributed by atoms with Crippen molar-refractivity contribution in [1.29, 1.82) is 0 Å². The predicted molar refractivity (Wildman–Crippen MR) is 50.3 cm³/mol. The van der Waals surface area contributed by atoms with Gasteiger partial charge in [0, 0.05) is 17.6 Å². The number of fused-ring (bicyclic) bond motifs is 1. The lowest BCUT2D eigenvalue weighted by Crippen LogP contribution is -1.95. The van der Waals surface area contributed by atoms with Gasteiger partial charge in [-0.05, 0) is 19.1 Å². The molecule has 0 radical (unpaired) electrons. The first-order valence-corrected chi connectivity index (χ1v) is 4.08. The van der Waals surface area contributed by atoms with Crippen molar-refractivity contribution in [3.63, 3.8) is 0 Å². The summed E-state index contributed by atoms with van der Waals surface area (Å²) in [6.45, 7) is 3.02. The molecule has 2 rings (SSSR count). The van der Waals surface area contributed by atoms with E-state index in [1.165, 1.54) is 0 Å². The minimum atomic E-state index is 0.935. The molecule has 0 spiro atoms. The molecule has 0 fully saturated rings. The van der Waals surface area contributed by atoms with Crippen molar-refractivity contribution in [2.24, 2.45) is 0 Å². The van der Waals surface area contributed by atoms with Crippen molar-refractivity contribution < 1.29 is 0 Å². The van der Waals surface area contributed by atoms with Crippen LogP contribution in [0.1, 0.15) is 6.92 Å². The standard InChI is InChI=1S/C9H11N3/c1-2-10-8-4-3-5-9-7(8)6-11-12-9/h3-6,10H,2H2,1H3,(H,11,12). The van der Waals surface area contributed by atoms with Crippen LogP contribution in [0.3, 0.4) is 0 Å². The van der Waals surface area contributed by atoms with Gasteiger partial charge in [-0.15, -0.1) is 0 Å². The largest absolute Gasteiger partial charge is 0.385 e. The zero-order valence-corrected chi connectivity index (χ0v) is 6.96. The van der Waals surface area contributed by atoms with Crippen LogP contribution in [0.5, 0.6) is 0 Å². The summed E-state index contributed by atoms with van der Waals surface area (Å²) >= 11 is 0. The second kappa shape index (κ2) is 2.85. The molecule has 0 aliphatic rings. The van der Waals surface area contributed by atoms with Crippen LogP contribution in [0.2, 0.25) is 0 Å². The maximum atomic E-state index is 3.98. The second-order valence-electron chi connectivity index (χ2n) is 2.67. The smallest absolute Gasteiger partial charge is 0.0671 e. The molecule has 1 aromatic heterocycles. The Morgan fingerprint density at radius 2 is 2.42 bits per heavy atom. The second-order valence-corrected chi connectivity index (χ2v) is 2.67. The zero-order chi connectivity index (χ0) is 8.39. The molecule has 0 unspecified atom stereocenters. The number of hydrogen-bond donors (Lipinski definition) is 2. The zero-order valence-electron chi connectivity index (χ0n) is 6.96. The van der Waals surface area contributed by atoms with Gasteiger partial charge in [-0.25, -0.2) is 0 Å². The summed E-state index contributed by atoms with van der Waals surface area (Å²) in [5.41, 5.74) is 2.22. The molecule has 0 saturated carbocycles. The fourth-order valence-electron chi connectivity index (χ4n) is 1.31. The van der Waals surface area contributed by atoms with E-state index in [4.69, 9.17) is 0 Å². The van der Waals surface area contributed by atoms with E-state index >= 15 is 0 Å². The normalized spacial score (nSPS) is 10.4. The fraction of sp³-hybridized carbons (Fsp3) is 0.222. The monoisotopic (exact) mass is 161 g/mol. The Labute approximate surface area is 70.8 Å². The molecule has 3 nitrogen and oxygen atoms in total. The van der Waals surface area contributed by atoms with E-state index in [1.807, 2.05) is 18.3 Å². The third kappa shape index (κ3) is 1.03. The van der Waals surface area contributed by atoms with E-state index in [1.54, 1.807) is 0 Å². The summed E-state index contributed by atoms with van der Waals surface area (Å²) in [4.78, 5) is 0. The van der Waals surface area contributed by atoms with E-state index < -0.39 is 0 Å². The molecule has 2 aromatic rings. The predicted octanol–water partition coefficient (Wildman–Crippen LogP) is 1.99. The summed E-state index contributed by atoms with van der Waals surface area (Å²) in [5, 5.41) is 11.3. The molecule has 1 aromatic carbocycles. The van der Waals surface area contributed by atoms with E-state index in [9.17, 15) is 0 Å². The lowest BCUT2D eigenvalue weighted by atomic mass is 10.2. The Hall–Kier alpha value is -1.51. The van der Waals surface area contributed by atoms with Crippen molar-refractivity contribution in [3.8, 4) is 0 Å². The molecule has 0 amide bonds. The maximum Gasteiger partial charge on any atom is 0.0671 e. The van der Waals surface area contributed by atoms with Gasteiger partial charge in [0.1, 0.15) is 0 Å². The van der Waals surface area contributed by atoms with Gasteiger partial charge in [-0.2, -0.15) is 5.10 Å². The van der Waals surface area contributed by atoms with Gasteiger partial charge in [0.25, 0.3) is 0 Å². The van der Waals surface area contributed by atoms with Crippen molar-refractivity contribution in [2.45, 2.75) is 6.92 Å². The number of rotatable bonds is 2. The average Bonchev–Trinajstić information content (AvgIpc) is 2.53. The Bertz CT molecular complexity index is 378. The van der Waals surface area contributed by atoms with Crippen LogP contribution in [0.4, 0.5) is 5.69 Å². The van der Waals surface area contributed by atoms with Gasteiger partial charge in [0.2, 0.25) is 0 Å². The molecule has 1 heterocycles. The molecular formula is C9H11N3. The van der Waals surface area contributed by atoms with Crippen molar-refractivity contribution >= 4 is 16.6 Å². The number of aromatic nitrogens is 2. The highest BCUT2D eigenvalue weighted by molar-refractivity contribution is 5.90. The summed E-state index contributed by atoms with van der Waals surface area (Å²) < 4.78 is 0. The fourth-order valence-corrected chi connectivity index (χ4v) is 1.31. The minimum Gasteiger partial charge on any atom is -0.385 e. The van der Waals surface area contributed by atoms with Crippen LogP contribution in [-0.4, -0.2) is 16.7 Å². The highest BCUT2D eigenvalue weighted by Gasteiger charge is 1.99. The van der Waals surface area contributed by atoms with Crippen molar-refractivity contribution in [3.05, 3.63) is 24.4 Å². The van der Waals surface area contributed by atoms with E-state index in [0.717, 1.165) is 23.1 Å². The van der Waals surface area contributed by atoms with E-state index in [2.05, 4.69) is 28.5 Å². The number of anilines is 1. The van der Waals surface area contributed by atoms with Gasteiger partial charge in [-0.1, -0.05) is 6.07 Å². The Kier molecular flexibility index (Phi) is 1.70. The lowest BCUT2D eigenvalue weighted by Gasteiger charge is -2.02. The van der Waals surface area contributed by atoms with Gasteiger partial charge in [0.15, 0.2) is 0 Å². The van der Waals surface area contributed by atoms with Crippen LogP contribution in [0.15, 0.2) is 24.4 Å². The third-order valence-electron chi connectivity index (χ3n) is 1.85. The number of benzene rings is 1. The number of nitrogens with one attached hydrogen (secondary N) is 2. The molecular weight excluding hydrogens is 150 g/mol. The highest BCUT2D eigenvalue weighted by atomic mass is 15.1. The van der Waals surface area contributed by atoms with E-state index in [0.29, 0.717) is 0 Å². The number of H-pyrrole nitrogens is 1. The Balaban J connectivity index is 2.57. The first-order chi connectivity index (χ1) is 5.92. The summed E-state index contributed by atoms with van der Waals surface area (Å²) in [5.74, 6) is 0. The molecule has 0 aliphatic heterocycles. The first-order valence-electron chi connectivity index (χ1n) is 4.08. The van der Waals surface area contributed by atoms with Gasteiger partial charge in [0.05, 0.1) is 11.7 Å². The average molecular weight is 161 g/mol. The summed E-state index contributed by atoms with van der Waals surface area (Å²) in [6.07, 6.45) is 1.84. The van der Waals surface area contributed by atoms with Gasteiger partial charge < -0.3 is 5.32 Å².